The maximum Gasteiger partial charge on any atom is 0.248 e. The van der Waals surface area contributed by atoms with Crippen LogP contribution >= 0.6 is 11.3 Å². The van der Waals surface area contributed by atoms with Gasteiger partial charge in [-0.15, -0.1) is 11.3 Å². The van der Waals surface area contributed by atoms with Crippen molar-refractivity contribution < 1.29 is 14.3 Å². The minimum atomic E-state index is -0.175. The highest BCUT2D eigenvalue weighted by Crippen LogP contribution is 2.30. The average molecular weight is 415 g/mol. The highest BCUT2D eigenvalue weighted by molar-refractivity contribution is 7.10. The molecule has 1 aliphatic rings. The van der Waals surface area contributed by atoms with Crippen molar-refractivity contribution in [1.29, 1.82) is 0 Å². The lowest BCUT2D eigenvalue weighted by molar-refractivity contribution is -0.111. The maximum absolute atomic E-state index is 12.2. The summed E-state index contributed by atoms with van der Waals surface area (Å²) in [6, 6.07) is 10.6. The van der Waals surface area contributed by atoms with Crippen LogP contribution < -0.4 is 14.8 Å². The molecule has 156 valence electrons. The Kier molecular flexibility index (Phi) is 7.72. The van der Waals surface area contributed by atoms with Gasteiger partial charge in [-0.1, -0.05) is 12.5 Å². The molecule has 2 aromatic rings. The molecule has 2 atom stereocenters. The van der Waals surface area contributed by atoms with E-state index in [0.29, 0.717) is 35.9 Å². The zero-order valence-electron chi connectivity index (χ0n) is 17.4. The van der Waals surface area contributed by atoms with Crippen molar-refractivity contribution >= 4 is 29.0 Å². The van der Waals surface area contributed by atoms with E-state index in [-0.39, 0.29) is 5.91 Å². The van der Waals surface area contributed by atoms with Crippen LogP contribution in [-0.4, -0.2) is 43.2 Å². The van der Waals surface area contributed by atoms with Gasteiger partial charge in [0.05, 0.1) is 7.11 Å². The standard InChI is InChI=1S/C23H30N2O3S/c1-17-6-4-7-18(2)25(17)13-14-28-22-16-19(9-11-21(22)27-3)24-23(26)12-10-20-8-5-15-29-20/h5,8-12,15-18H,4,6-7,13-14H2,1-3H3,(H,24,26). The molecular weight excluding hydrogens is 384 g/mol. The number of nitrogens with zero attached hydrogens (tertiary/aromatic N) is 1. The number of anilines is 1. The van der Waals surface area contributed by atoms with E-state index in [9.17, 15) is 4.79 Å². The quantitative estimate of drug-likeness (QED) is 0.614. The summed E-state index contributed by atoms with van der Waals surface area (Å²) >= 11 is 1.59. The molecular formula is C23H30N2O3S. The van der Waals surface area contributed by atoms with Gasteiger partial charge in [0, 0.05) is 41.3 Å². The fourth-order valence-corrected chi connectivity index (χ4v) is 4.39. The second-order valence-corrected chi connectivity index (χ2v) is 8.40. The summed E-state index contributed by atoms with van der Waals surface area (Å²) in [5, 5.41) is 4.87. The van der Waals surface area contributed by atoms with Gasteiger partial charge in [0.15, 0.2) is 11.5 Å². The first-order valence-electron chi connectivity index (χ1n) is 10.2. The average Bonchev–Trinajstić information content (AvgIpc) is 3.22. The number of piperidine rings is 1. The van der Waals surface area contributed by atoms with Gasteiger partial charge >= 0.3 is 0 Å². The third-order valence-electron chi connectivity index (χ3n) is 5.36. The topological polar surface area (TPSA) is 50.8 Å². The van der Waals surface area contributed by atoms with Gasteiger partial charge in [0.1, 0.15) is 6.61 Å². The zero-order valence-corrected chi connectivity index (χ0v) is 18.2. The van der Waals surface area contributed by atoms with E-state index in [1.807, 2.05) is 41.8 Å². The van der Waals surface area contributed by atoms with Gasteiger partial charge < -0.3 is 14.8 Å². The second-order valence-electron chi connectivity index (χ2n) is 7.42. The summed E-state index contributed by atoms with van der Waals surface area (Å²) in [5.41, 5.74) is 0.682. The van der Waals surface area contributed by atoms with Gasteiger partial charge in [-0.2, -0.15) is 0 Å². The molecule has 1 aromatic carbocycles. The molecule has 0 radical (unpaired) electrons. The van der Waals surface area contributed by atoms with Crippen LogP contribution in [0.25, 0.3) is 6.08 Å². The summed E-state index contributed by atoms with van der Waals surface area (Å²) in [6.07, 6.45) is 7.14. The van der Waals surface area contributed by atoms with Crippen molar-refractivity contribution in [2.45, 2.75) is 45.2 Å². The van der Waals surface area contributed by atoms with Crippen molar-refractivity contribution in [3.05, 3.63) is 46.7 Å². The van der Waals surface area contributed by atoms with Gasteiger partial charge in [-0.05, 0) is 56.3 Å². The number of nitrogens with one attached hydrogen (secondary N) is 1. The molecule has 2 unspecified atom stereocenters. The van der Waals surface area contributed by atoms with Crippen LogP contribution in [0.4, 0.5) is 5.69 Å². The minimum Gasteiger partial charge on any atom is -0.493 e. The van der Waals surface area contributed by atoms with Crippen LogP contribution in [0.5, 0.6) is 11.5 Å². The molecule has 5 nitrogen and oxygen atoms in total. The first-order chi connectivity index (χ1) is 14.1. The highest BCUT2D eigenvalue weighted by atomic mass is 32.1. The number of carbonyl (C=O) groups is 1. The summed E-state index contributed by atoms with van der Waals surface area (Å²) in [6.45, 7) is 6.04. The molecule has 6 heteroatoms. The Morgan fingerprint density at radius 2 is 2.03 bits per heavy atom. The van der Waals surface area contributed by atoms with Crippen LogP contribution in [-0.2, 0) is 4.79 Å². The SMILES string of the molecule is COc1ccc(NC(=O)C=Cc2cccs2)cc1OCCN1C(C)CCCC1C. The zero-order chi connectivity index (χ0) is 20.6. The van der Waals surface area contributed by atoms with Crippen molar-refractivity contribution in [2.24, 2.45) is 0 Å². The number of thiophene rings is 1. The van der Waals surface area contributed by atoms with Gasteiger partial charge in [-0.25, -0.2) is 0 Å². The van der Waals surface area contributed by atoms with Crippen LogP contribution in [0.2, 0.25) is 0 Å². The molecule has 2 heterocycles. The Hall–Kier alpha value is -2.31. The Morgan fingerprint density at radius 1 is 1.24 bits per heavy atom. The molecule has 0 bridgehead atoms. The number of likely N-dealkylation sites (tertiary alicyclic amines) is 1. The predicted molar refractivity (Wildman–Crippen MR) is 120 cm³/mol. The van der Waals surface area contributed by atoms with Crippen LogP contribution in [0.1, 0.15) is 38.0 Å². The number of benzene rings is 1. The first-order valence-corrected chi connectivity index (χ1v) is 11.0. The highest BCUT2D eigenvalue weighted by Gasteiger charge is 2.24. The van der Waals surface area contributed by atoms with E-state index < -0.39 is 0 Å². The fraction of sp³-hybridized carbons (Fsp3) is 0.435. The summed E-state index contributed by atoms with van der Waals surface area (Å²) in [7, 11) is 1.62. The number of hydrogen-bond donors (Lipinski definition) is 1. The van der Waals surface area contributed by atoms with Gasteiger partial charge in [0.2, 0.25) is 5.91 Å². The molecule has 1 saturated heterocycles. The van der Waals surface area contributed by atoms with Crippen molar-refractivity contribution in [2.75, 3.05) is 25.6 Å². The Labute approximate surface area is 177 Å². The third-order valence-corrected chi connectivity index (χ3v) is 6.19. The number of hydrogen-bond acceptors (Lipinski definition) is 5. The molecule has 1 N–H and O–H groups in total. The van der Waals surface area contributed by atoms with Crippen LogP contribution in [0, 0.1) is 0 Å². The molecule has 1 aliphatic heterocycles. The smallest absolute Gasteiger partial charge is 0.248 e. The third kappa shape index (κ3) is 6.08. The lowest BCUT2D eigenvalue weighted by atomic mass is 9.98. The van der Waals surface area contributed by atoms with Crippen LogP contribution in [0.15, 0.2) is 41.8 Å². The number of ether oxygens (including phenoxy) is 2. The van der Waals surface area contributed by atoms with Crippen molar-refractivity contribution in [3.8, 4) is 11.5 Å². The summed E-state index contributed by atoms with van der Waals surface area (Å²) in [5.74, 6) is 1.13. The van der Waals surface area contributed by atoms with E-state index in [1.165, 1.54) is 25.3 Å². The molecule has 1 aromatic heterocycles. The summed E-state index contributed by atoms with van der Waals surface area (Å²) in [4.78, 5) is 15.7. The summed E-state index contributed by atoms with van der Waals surface area (Å²) < 4.78 is 11.5. The first kappa shape index (κ1) is 21.4. The second kappa shape index (κ2) is 10.5. The predicted octanol–water partition coefficient (Wildman–Crippen LogP) is 5.05. The van der Waals surface area contributed by atoms with E-state index >= 15 is 0 Å². The molecule has 1 amide bonds. The normalized spacial score (nSPS) is 20.0. The van der Waals surface area contributed by atoms with E-state index in [1.54, 1.807) is 18.4 Å². The van der Waals surface area contributed by atoms with E-state index in [4.69, 9.17) is 9.47 Å². The van der Waals surface area contributed by atoms with Crippen molar-refractivity contribution in [1.82, 2.24) is 4.90 Å². The number of methoxy groups -OCH3 is 1. The van der Waals surface area contributed by atoms with E-state index in [0.717, 1.165) is 11.4 Å². The number of amides is 1. The lowest BCUT2D eigenvalue weighted by Gasteiger charge is -2.38. The van der Waals surface area contributed by atoms with Gasteiger partial charge in [-0.3, -0.25) is 9.69 Å². The lowest BCUT2D eigenvalue weighted by Crippen LogP contribution is -2.45. The molecule has 3 rings (SSSR count). The maximum atomic E-state index is 12.2. The fourth-order valence-electron chi connectivity index (χ4n) is 3.77. The molecule has 1 fully saturated rings. The Morgan fingerprint density at radius 3 is 2.72 bits per heavy atom. The van der Waals surface area contributed by atoms with Crippen LogP contribution in [0.3, 0.4) is 0 Å². The van der Waals surface area contributed by atoms with Gasteiger partial charge in [0.25, 0.3) is 0 Å². The largest absolute Gasteiger partial charge is 0.493 e. The number of rotatable bonds is 8. The molecule has 0 spiro atoms. The molecule has 0 saturated carbocycles. The Balaban J connectivity index is 1.58. The minimum absolute atomic E-state index is 0.175. The monoisotopic (exact) mass is 414 g/mol. The number of carbonyl (C=O) groups excluding carboxylic acids is 1. The van der Waals surface area contributed by atoms with Crippen molar-refractivity contribution in [3.63, 3.8) is 0 Å². The van der Waals surface area contributed by atoms with E-state index in [2.05, 4.69) is 24.1 Å². The molecule has 0 aliphatic carbocycles. The Bertz CT molecular complexity index is 810. The molecule has 29 heavy (non-hydrogen) atoms.